The van der Waals surface area contributed by atoms with Crippen LogP contribution in [0.5, 0.6) is 11.5 Å². The van der Waals surface area contributed by atoms with E-state index in [-0.39, 0.29) is 12.4 Å². The van der Waals surface area contributed by atoms with Gasteiger partial charge in [-0.1, -0.05) is 47.5 Å². The summed E-state index contributed by atoms with van der Waals surface area (Å²) in [5.74, 6) is 1.48. The lowest BCUT2D eigenvalue weighted by molar-refractivity contribution is 0.484. The summed E-state index contributed by atoms with van der Waals surface area (Å²) >= 11 is 13.7. The minimum Gasteiger partial charge on any atom is -0.454 e. The third-order valence-corrected chi connectivity index (χ3v) is 5.79. The molecule has 0 amide bonds. The molecule has 1 heterocycles. The normalized spacial score (nSPS) is 17.5. The van der Waals surface area contributed by atoms with Gasteiger partial charge in [0.25, 0.3) is 0 Å². The van der Waals surface area contributed by atoms with Crippen LogP contribution in [0, 0.1) is 0 Å². The molecule has 4 nitrogen and oxygen atoms in total. The average molecular weight is 436 g/mol. The number of hydrogen-bond acceptors (Lipinski definition) is 3. The number of nitrogens with zero attached hydrogens (tertiary/aromatic N) is 1. The third kappa shape index (κ3) is 4.14. The van der Waals surface area contributed by atoms with Crippen LogP contribution >= 0.6 is 35.1 Å². The zero-order valence-corrected chi connectivity index (χ0v) is 17.0. The monoisotopic (exact) mass is 435 g/mol. The number of ether oxygens (including phenoxy) is 1. The molecule has 0 saturated heterocycles. The van der Waals surface area contributed by atoms with Crippen molar-refractivity contribution >= 4 is 46.8 Å². The van der Waals surface area contributed by atoms with Crippen LogP contribution in [-0.4, -0.2) is 12.5 Å². The molecule has 2 aromatic carbocycles. The summed E-state index contributed by atoms with van der Waals surface area (Å²) in [7, 11) is 0. The number of fused-ring (bicyclic) bond motifs is 1. The maximum absolute atomic E-state index is 14.0. The molecule has 0 radical (unpaired) electrons. The van der Waals surface area contributed by atoms with Crippen LogP contribution in [0.3, 0.4) is 0 Å². The van der Waals surface area contributed by atoms with Crippen molar-refractivity contribution in [3.05, 3.63) is 70.0 Å². The lowest BCUT2D eigenvalue weighted by atomic mass is 10.1. The molecule has 1 aliphatic carbocycles. The molecule has 0 unspecified atom stereocenters. The number of aliphatic imine (C=N–C) groups is 1. The van der Waals surface area contributed by atoms with Crippen molar-refractivity contribution in [3.63, 3.8) is 0 Å². The molecule has 144 valence electrons. The Hall–Kier alpha value is -2.15. The van der Waals surface area contributed by atoms with Crippen molar-refractivity contribution in [2.75, 3.05) is 11.9 Å². The molecule has 0 saturated carbocycles. The molecule has 0 aromatic heterocycles. The minimum absolute atomic E-state index is 0.153. The first-order chi connectivity index (χ1) is 13.6. The molecular formula is C20H16Cl2FN3OS. The van der Waals surface area contributed by atoms with Gasteiger partial charge < -0.3 is 10.1 Å². The Labute approximate surface area is 176 Å². The molecule has 0 spiro atoms. The highest BCUT2D eigenvalue weighted by molar-refractivity contribution is 7.98. The van der Waals surface area contributed by atoms with Crippen LogP contribution in [0.2, 0.25) is 5.02 Å². The topological polar surface area (TPSA) is 45.7 Å². The summed E-state index contributed by atoms with van der Waals surface area (Å²) in [6.45, 7) is 0.153. The predicted octanol–water partition coefficient (Wildman–Crippen LogP) is 6.65. The smallest absolute Gasteiger partial charge is 0.206 e. The highest BCUT2D eigenvalue weighted by atomic mass is 35.5. The number of benzene rings is 2. The van der Waals surface area contributed by atoms with Gasteiger partial charge in [0.2, 0.25) is 5.96 Å². The van der Waals surface area contributed by atoms with Crippen LogP contribution < -0.4 is 14.8 Å². The average Bonchev–Trinajstić information content (AvgIpc) is 2.70. The number of halogens is 3. The van der Waals surface area contributed by atoms with Gasteiger partial charge in [0.15, 0.2) is 5.75 Å². The van der Waals surface area contributed by atoms with Gasteiger partial charge in [-0.15, -0.1) is 0 Å². The van der Waals surface area contributed by atoms with Crippen LogP contribution in [0.25, 0.3) is 0 Å². The van der Waals surface area contributed by atoms with Crippen LogP contribution in [0.4, 0.5) is 10.1 Å². The number of hydrogen-bond donors (Lipinski definition) is 2. The van der Waals surface area contributed by atoms with E-state index in [2.05, 4.69) is 15.0 Å². The Morgan fingerprint density at radius 3 is 2.75 bits per heavy atom. The van der Waals surface area contributed by atoms with E-state index in [1.54, 1.807) is 12.1 Å². The number of para-hydroxylation sites is 2. The Kier molecular flexibility index (Phi) is 5.80. The summed E-state index contributed by atoms with van der Waals surface area (Å²) in [6.07, 6.45) is 2.80. The van der Waals surface area contributed by atoms with E-state index in [0.717, 1.165) is 10.6 Å². The molecular weight excluding hydrogens is 420 g/mol. The number of nitrogens with one attached hydrogen (secondary N) is 2. The molecule has 0 bridgehead atoms. The first-order valence-electron chi connectivity index (χ1n) is 8.65. The number of guanidine groups is 1. The predicted molar refractivity (Wildman–Crippen MR) is 114 cm³/mol. The van der Waals surface area contributed by atoms with Crippen LogP contribution in [0.15, 0.2) is 74.9 Å². The molecule has 2 aliphatic rings. The quantitative estimate of drug-likeness (QED) is 0.527. The van der Waals surface area contributed by atoms with Gasteiger partial charge in [0, 0.05) is 17.0 Å². The first kappa shape index (κ1) is 19.2. The lowest BCUT2D eigenvalue weighted by Gasteiger charge is -2.23. The zero-order chi connectivity index (χ0) is 19.5. The maximum atomic E-state index is 14.0. The van der Waals surface area contributed by atoms with E-state index in [1.807, 2.05) is 36.4 Å². The minimum atomic E-state index is -0.205. The number of rotatable bonds is 4. The fraction of sp³-hybridized carbons (Fsp3) is 0.150. The summed E-state index contributed by atoms with van der Waals surface area (Å²) < 4.78 is 23.2. The summed E-state index contributed by atoms with van der Waals surface area (Å²) in [6, 6.07) is 13.0. The molecule has 2 aromatic rings. The number of anilines is 1. The molecule has 1 aliphatic heterocycles. The summed E-state index contributed by atoms with van der Waals surface area (Å²) in [4.78, 5) is 5.39. The van der Waals surface area contributed by atoms with Gasteiger partial charge in [-0.3, -0.25) is 4.72 Å². The molecule has 8 heteroatoms. The summed E-state index contributed by atoms with van der Waals surface area (Å²) in [5, 5.41) is 4.17. The number of allylic oxidation sites excluding steroid dienone is 2. The molecule has 0 atom stereocenters. The molecule has 28 heavy (non-hydrogen) atoms. The van der Waals surface area contributed by atoms with Gasteiger partial charge in [-0.2, -0.15) is 0 Å². The van der Waals surface area contributed by atoms with E-state index in [4.69, 9.17) is 27.9 Å². The largest absolute Gasteiger partial charge is 0.454 e. The maximum Gasteiger partial charge on any atom is 0.206 e. The Morgan fingerprint density at radius 1 is 1.11 bits per heavy atom. The van der Waals surface area contributed by atoms with E-state index in [1.165, 1.54) is 11.9 Å². The third-order valence-electron chi connectivity index (χ3n) is 4.24. The Morgan fingerprint density at radius 2 is 1.93 bits per heavy atom. The molecule has 0 fully saturated rings. The van der Waals surface area contributed by atoms with Gasteiger partial charge >= 0.3 is 0 Å². The van der Waals surface area contributed by atoms with E-state index >= 15 is 0 Å². The second-order valence-electron chi connectivity index (χ2n) is 6.13. The highest BCUT2D eigenvalue weighted by Gasteiger charge is 2.20. The van der Waals surface area contributed by atoms with Gasteiger partial charge in [-0.05, 0) is 42.6 Å². The first-order valence-corrected chi connectivity index (χ1v) is 10.2. The van der Waals surface area contributed by atoms with Gasteiger partial charge in [-0.25, -0.2) is 9.38 Å². The Balaban J connectivity index is 1.56. The summed E-state index contributed by atoms with van der Waals surface area (Å²) in [5.41, 5.74) is 1.20. The SMILES string of the molecule is FC1=C(CN=C2NSc3cccc(Oc4ccccc4Cl)c3N2)C(Cl)=CCC1. The second kappa shape index (κ2) is 8.47. The van der Waals surface area contributed by atoms with Crippen LogP contribution in [0.1, 0.15) is 12.8 Å². The van der Waals surface area contributed by atoms with Gasteiger partial charge in [0.05, 0.1) is 22.2 Å². The van der Waals surface area contributed by atoms with E-state index in [0.29, 0.717) is 45.9 Å². The zero-order valence-electron chi connectivity index (χ0n) is 14.6. The van der Waals surface area contributed by atoms with Crippen molar-refractivity contribution in [2.45, 2.75) is 17.7 Å². The fourth-order valence-corrected chi connectivity index (χ4v) is 3.99. The van der Waals surface area contributed by atoms with Crippen LogP contribution in [-0.2, 0) is 0 Å². The molecule has 4 rings (SSSR count). The molecule has 2 N–H and O–H groups in total. The van der Waals surface area contributed by atoms with Crippen molar-refractivity contribution in [1.29, 1.82) is 0 Å². The van der Waals surface area contributed by atoms with Crippen molar-refractivity contribution in [1.82, 2.24) is 4.72 Å². The standard InChI is InChI=1S/C20H16Cl2FN3OS/c21-13-6-3-7-15(23)12(13)11-24-20-25-19-17(9-4-10-18(19)28-26-20)27-16-8-2-1-5-14(16)22/h1-2,4-6,8-10H,3,7,11H2,(H2,24,25,26). The van der Waals surface area contributed by atoms with Crippen molar-refractivity contribution < 1.29 is 9.13 Å². The van der Waals surface area contributed by atoms with Crippen molar-refractivity contribution in [3.8, 4) is 11.5 Å². The lowest BCUT2D eigenvalue weighted by Crippen LogP contribution is -2.30. The van der Waals surface area contributed by atoms with Crippen molar-refractivity contribution in [2.24, 2.45) is 4.99 Å². The second-order valence-corrected chi connectivity index (χ2v) is 7.79. The Bertz CT molecular complexity index is 1010. The fourth-order valence-electron chi connectivity index (χ4n) is 2.82. The van der Waals surface area contributed by atoms with E-state index in [9.17, 15) is 4.39 Å². The van der Waals surface area contributed by atoms with E-state index < -0.39 is 0 Å². The highest BCUT2D eigenvalue weighted by Crippen LogP contribution is 2.40. The van der Waals surface area contributed by atoms with Gasteiger partial charge in [0.1, 0.15) is 11.6 Å².